The maximum atomic E-state index is 3.91. The first-order valence-electron chi connectivity index (χ1n) is 3.91. The number of aliphatic imine (C=N–C) groups is 1. The molecule has 12 heavy (non-hydrogen) atoms. The van der Waals surface area contributed by atoms with Crippen LogP contribution in [-0.2, 0) is 0 Å². The molecule has 0 aliphatic carbocycles. The van der Waals surface area contributed by atoms with Crippen molar-refractivity contribution < 1.29 is 0 Å². The predicted octanol–water partition coefficient (Wildman–Crippen LogP) is 2.80. The molecule has 0 fully saturated rings. The largest absolute Gasteiger partial charge is 0.343 e. The molecule has 0 spiro atoms. The summed E-state index contributed by atoms with van der Waals surface area (Å²) in [6, 6.07) is 0. The molecule has 0 saturated carbocycles. The second-order valence-electron chi connectivity index (χ2n) is 2.04. The molecule has 0 aliphatic rings. The quantitative estimate of drug-likeness (QED) is 0.672. The number of aromatic amines is 1. The lowest BCUT2D eigenvalue weighted by atomic mass is 10.2. The van der Waals surface area contributed by atoms with Gasteiger partial charge in [0.2, 0.25) is 0 Å². The Labute approximate surface area is 73.3 Å². The Bertz CT molecular complexity index is 260. The molecule has 0 bridgehead atoms. The van der Waals surface area contributed by atoms with Crippen molar-refractivity contribution in [2.45, 2.75) is 20.8 Å². The molecule has 3 heteroatoms. The second kappa shape index (κ2) is 5.29. The summed E-state index contributed by atoms with van der Waals surface area (Å²) in [5.74, 6) is 0.618. The van der Waals surface area contributed by atoms with Crippen molar-refractivity contribution in [2.75, 3.05) is 0 Å². The van der Waals surface area contributed by atoms with E-state index >= 15 is 0 Å². The first kappa shape index (κ1) is 10.6. The minimum absolute atomic E-state index is 0.618. The van der Waals surface area contributed by atoms with Crippen LogP contribution in [0.2, 0.25) is 0 Å². The fraction of sp³-hybridized carbons (Fsp3) is 0.333. The third-order valence-corrected chi connectivity index (χ3v) is 1.20. The molecular formula is C9H15N3. The Balaban J connectivity index is 0.000000561. The van der Waals surface area contributed by atoms with Crippen molar-refractivity contribution in [1.29, 1.82) is 0 Å². The first-order chi connectivity index (χ1) is 5.75. The fourth-order valence-corrected chi connectivity index (χ4v) is 0.721. The lowest BCUT2D eigenvalue weighted by Gasteiger charge is -1.92. The average molecular weight is 165 g/mol. The van der Waals surface area contributed by atoms with Gasteiger partial charge in [-0.05, 0) is 19.2 Å². The molecule has 1 aromatic rings. The van der Waals surface area contributed by atoms with Crippen molar-refractivity contribution in [3.05, 3.63) is 18.6 Å². The molecule has 0 amide bonds. The van der Waals surface area contributed by atoms with Crippen LogP contribution < -0.4 is 0 Å². The van der Waals surface area contributed by atoms with Gasteiger partial charge in [0, 0.05) is 0 Å². The lowest BCUT2D eigenvalue weighted by Crippen LogP contribution is -1.75. The van der Waals surface area contributed by atoms with E-state index in [1.807, 2.05) is 20.8 Å². The molecule has 0 unspecified atom stereocenters. The molecule has 1 N–H and O–H groups in total. The second-order valence-corrected chi connectivity index (χ2v) is 2.04. The highest BCUT2D eigenvalue weighted by Gasteiger charge is 2.01. The zero-order valence-electron chi connectivity index (χ0n) is 7.89. The molecule has 0 aromatic carbocycles. The number of hydrogen-bond donors (Lipinski definition) is 1. The summed E-state index contributed by atoms with van der Waals surface area (Å²) in [6.45, 7) is 13.0. The Kier molecular flexibility index (Phi) is 4.69. The number of nitrogens with one attached hydrogen (secondary N) is 1. The number of nitrogens with zero attached hydrogens (tertiary/aromatic N) is 2. The molecule has 1 rings (SSSR count). The van der Waals surface area contributed by atoms with Gasteiger partial charge in [-0.25, -0.2) is 9.98 Å². The molecule has 0 radical (unpaired) electrons. The monoisotopic (exact) mass is 165 g/mol. The zero-order chi connectivity index (χ0) is 9.56. The normalized spacial score (nSPS) is 8.25. The van der Waals surface area contributed by atoms with Gasteiger partial charge in [-0.1, -0.05) is 20.4 Å². The van der Waals surface area contributed by atoms with E-state index in [1.54, 1.807) is 6.33 Å². The minimum Gasteiger partial charge on any atom is -0.343 e. The van der Waals surface area contributed by atoms with Gasteiger partial charge in [0.1, 0.15) is 0 Å². The summed E-state index contributed by atoms with van der Waals surface area (Å²) >= 11 is 0. The third kappa shape index (κ3) is 2.34. The van der Waals surface area contributed by atoms with Gasteiger partial charge in [0.05, 0.1) is 12.0 Å². The van der Waals surface area contributed by atoms with E-state index in [0.29, 0.717) is 5.82 Å². The first-order valence-corrected chi connectivity index (χ1v) is 3.91. The van der Waals surface area contributed by atoms with Crippen LogP contribution in [0, 0.1) is 0 Å². The zero-order valence-corrected chi connectivity index (χ0v) is 7.89. The topological polar surface area (TPSA) is 41.0 Å². The molecule has 0 atom stereocenters. The van der Waals surface area contributed by atoms with Crippen LogP contribution in [0.4, 0.5) is 5.82 Å². The summed E-state index contributed by atoms with van der Waals surface area (Å²) in [5, 5.41) is 0. The molecule has 3 nitrogen and oxygen atoms in total. The molecule has 0 aliphatic heterocycles. The van der Waals surface area contributed by atoms with E-state index in [-0.39, 0.29) is 0 Å². The maximum Gasteiger partial charge on any atom is 0.177 e. The van der Waals surface area contributed by atoms with Crippen LogP contribution in [0.5, 0.6) is 0 Å². The highest BCUT2D eigenvalue weighted by molar-refractivity contribution is 5.67. The van der Waals surface area contributed by atoms with Crippen LogP contribution in [-0.4, -0.2) is 16.7 Å². The summed E-state index contributed by atoms with van der Waals surface area (Å²) in [6.07, 6.45) is 1.58. The molecule has 66 valence electrons. The van der Waals surface area contributed by atoms with E-state index < -0.39 is 0 Å². The molecule has 0 saturated heterocycles. The number of allylic oxidation sites excluding steroid dienone is 1. The number of hydrogen-bond acceptors (Lipinski definition) is 2. The molecule has 1 heterocycles. The standard InChI is InChI=1S/C7H9N3.C2H6/c1-5(2)6-7(8-3)10-4-9-6;1-2/h4H,1,3H2,2H3,(H,9,10);1-2H3. The van der Waals surface area contributed by atoms with Gasteiger partial charge in [0.25, 0.3) is 0 Å². The SMILES string of the molecule is C=Nc1nc[nH]c1C(=C)C.CC. The number of rotatable bonds is 2. The summed E-state index contributed by atoms with van der Waals surface area (Å²) in [5.41, 5.74) is 1.77. The van der Waals surface area contributed by atoms with E-state index in [9.17, 15) is 0 Å². The Morgan fingerprint density at radius 3 is 2.50 bits per heavy atom. The van der Waals surface area contributed by atoms with Crippen molar-refractivity contribution in [2.24, 2.45) is 4.99 Å². The Hall–Kier alpha value is -1.38. The van der Waals surface area contributed by atoms with Gasteiger partial charge >= 0.3 is 0 Å². The van der Waals surface area contributed by atoms with Crippen LogP contribution in [0.15, 0.2) is 17.9 Å². The van der Waals surface area contributed by atoms with Crippen LogP contribution in [0.25, 0.3) is 5.57 Å². The summed E-state index contributed by atoms with van der Waals surface area (Å²) in [4.78, 5) is 10.5. The van der Waals surface area contributed by atoms with Crippen molar-refractivity contribution in [3.8, 4) is 0 Å². The van der Waals surface area contributed by atoms with E-state index in [2.05, 4.69) is 28.3 Å². The van der Waals surface area contributed by atoms with E-state index in [1.165, 1.54) is 0 Å². The molecule has 1 aromatic heterocycles. The Morgan fingerprint density at radius 1 is 1.58 bits per heavy atom. The fourth-order valence-electron chi connectivity index (χ4n) is 0.721. The van der Waals surface area contributed by atoms with E-state index in [0.717, 1.165) is 11.3 Å². The third-order valence-electron chi connectivity index (χ3n) is 1.20. The van der Waals surface area contributed by atoms with Gasteiger partial charge in [-0.2, -0.15) is 0 Å². The number of imidazole rings is 1. The Morgan fingerprint density at radius 2 is 2.17 bits per heavy atom. The van der Waals surface area contributed by atoms with Gasteiger partial charge in [-0.3, -0.25) is 0 Å². The highest BCUT2D eigenvalue weighted by Crippen LogP contribution is 2.18. The van der Waals surface area contributed by atoms with Crippen LogP contribution in [0.1, 0.15) is 26.5 Å². The number of aromatic nitrogens is 2. The van der Waals surface area contributed by atoms with Crippen molar-refractivity contribution in [1.82, 2.24) is 9.97 Å². The van der Waals surface area contributed by atoms with E-state index in [4.69, 9.17) is 0 Å². The predicted molar refractivity (Wildman–Crippen MR) is 53.9 cm³/mol. The van der Waals surface area contributed by atoms with Gasteiger partial charge in [0.15, 0.2) is 5.82 Å². The molecular weight excluding hydrogens is 150 g/mol. The lowest BCUT2D eigenvalue weighted by molar-refractivity contribution is 1.29. The van der Waals surface area contributed by atoms with Crippen molar-refractivity contribution >= 4 is 18.1 Å². The summed E-state index contributed by atoms with van der Waals surface area (Å²) in [7, 11) is 0. The smallest absolute Gasteiger partial charge is 0.177 e. The van der Waals surface area contributed by atoms with Crippen molar-refractivity contribution in [3.63, 3.8) is 0 Å². The average Bonchev–Trinajstić information content (AvgIpc) is 2.55. The van der Waals surface area contributed by atoms with Gasteiger partial charge < -0.3 is 4.98 Å². The maximum absolute atomic E-state index is 3.91. The minimum atomic E-state index is 0.618. The van der Waals surface area contributed by atoms with Gasteiger partial charge in [-0.15, -0.1) is 0 Å². The summed E-state index contributed by atoms with van der Waals surface area (Å²) < 4.78 is 0. The van der Waals surface area contributed by atoms with Crippen LogP contribution >= 0.6 is 0 Å². The number of H-pyrrole nitrogens is 1. The van der Waals surface area contributed by atoms with Crippen LogP contribution in [0.3, 0.4) is 0 Å². The highest BCUT2D eigenvalue weighted by atomic mass is 15.0.